The molecule has 9 nitrogen and oxygen atoms in total. The van der Waals surface area contributed by atoms with Gasteiger partial charge in [0.1, 0.15) is 12.4 Å². The number of hydrogen-bond donors (Lipinski definition) is 2. The van der Waals surface area contributed by atoms with Crippen LogP contribution in [0.1, 0.15) is 24.5 Å². The van der Waals surface area contributed by atoms with Crippen molar-refractivity contribution in [1.82, 2.24) is 30.3 Å². The summed E-state index contributed by atoms with van der Waals surface area (Å²) in [5, 5.41) is 11.4. The van der Waals surface area contributed by atoms with Gasteiger partial charge in [0.15, 0.2) is 11.8 Å². The summed E-state index contributed by atoms with van der Waals surface area (Å²) in [6.07, 6.45) is 2.99. The molecule has 2 rings (SSSR count). The molecule has 26 heavy (non-hydrogen) atoms. The Balaban J connectivity index is 1.71. The number of aryl methyl sites for hydroxylation is 1. The maximum Gasteiger partial charge on any atom is 0.191 e. The molecule has 0 aliphatic carbocycles. The van der Waals surface area contributed by atoms with Crippen molar-refractivity contribution in [3.8, 4) is 0 Å². The van der Waals surface area contributed by atoms with Gasteiger partial charge in [-0.3, -0.25) is 4.99 Å². The zero-order valence-corrected chi connectivity index (χ0v) is 16.5. The van der Waals surface area contributed by atoms with Crippen molar-refractivity contribution in [2.45, 2.75) is 38.5 Å². The number of likely N-dealkylation sites (N-methyl/N-ethyl adjacent to an activating group) is 1. The molecule has 1 atom stereocenters. The Hall–Kier alpha value is -1.71. The lowest BCUT2D eigenvalue weighted by molar-refractivity contribution is 0.161. The SMILES string of the molecule is CN=C(NCCCN(C)CCOC)NC1CCc2nc(COC)nn2C1. The van der Waals surface area contributed by atoms with Crippen LogP contribution in [0.4, 0.5) is 0 Å². The molecule has 1 aliphatic heterocycles. The minimum atomic E-state index is 0.301. The largest absolute Gasteiger partial charge is 0.383 e. The number of aromatic nitrogens is 3. The summed E-state index contributed by atoms with van der Waals surface area (Å²) in [7, 11) is 7.31. The monoisotopic (exact) mass is 367 g/mol. The first kappa shape index (κ1) is 20.6. The minimum Gasteiger partial charge on any atom is -0.383 e. The summed E-state index contributed by atoms with van der Waals surface area (Å²) in [4.78, 5) is 11.1. The van der Waals surface area contributed by atoms with Crippen LogP contribution in [0, 0.1) is 0 Å². The Kier molecular flexibility index (Phi) is 8.79. The highest BCUT2D eigenvalue weighted by Gasteiger charge is 2.22. The molecule has 2 heterocycles. The van der Waals surface area contributed by atoms with Crippen LogP contribution in [0.15, 0.2) is 4.99 Å². The maximum absolute atomic E-state index is 5.11. The second-order valence-corrected chi connectivity index (χ2v) is 6.59. The number of fused-ring (bicyclic) bond motifs is 1. The highest BCUT2D eigenvalue weighted by molar-refractivity contribution is 5.79. The Morgan fingerprint density at radius 2 is 2.19 bits per heavy atom. The van der Waals surface area contributed by atoms with Crippen LogP contribution in [0.5, 0.6) is 0 Å². The van der Waals surface area contributed by atoms with Crippen LogP contribution in [0.2, 0.25) is 0 Å². The van der Waals surface area contributed by atoms with E-state index in [4.69, 9.17) is 9.47 Å². The van der Waals surface area contributed by atoms with Gasteiger partial charge in [-0.25, -0.2) is 9.67 Å². The Morgan fingerprint density at radius 1 is 1.35 bits per heavy atom. The van der Waals surface area contributed by atoms with Crippen LogP contribution < -0.4 is 10.6 Å². The molecule has 1 unspecified atom stereocenters. The first-order chi connectivity index (χ1) is 12.7. The summed E-state index contributed by atoms with van der Waals surface area (Å²) in [6, 6.07) is 0.301. The number of aliphatic imine (C=N–C) groups is 1. The smallest absolute Gasteiger partial charge is 0.191 e. The number of nitrogens with zero attached hydrogens (tertiary/aromatic N) is 5. The lowest BCUT2D eigenvalue weighted by atomic mass is 10.1. The van der Waals surface area contributed by atoms with E-state index in [9.17, 15) is 0 Å². The van der Waals surface area contributed by atoms with E-state index in [1.165, 1.54) is 0 Å². The molecule has 1 aromatic rings. The molecule has 0 amide bonds. The van der Waals surface area contributed by atoms with Gasteiger partial charge in [0.2, 0.25) is 0 Å². The highest BCUT2D eigenvalue weighted by atomic mass is 16.5. The van der Waals surface area contributed by atoms with E-state index in [0.717, 1.165) is 69.7 Å². The normalized spacial score (nSPS) is 17.4. The average molecular weight is 367 g/mol. The van der Waals surface area contributed by atoms with Gasteiger partial charge in [-0.15, -0.1) is 0 Å². The lowest BCUT2D eigenvalue weighted by Crippen LogP contribution is -2.47. The first-order valence-corrected chi connectivity index (χ1v) is 9.22. The van der Waals surface area contributed by atoms with Gasteiger partial charge >= 0.3 is 0 Å². The van der Waals surface area contributed by atoms with E-state index in [2.05, 4.69) is 37.7 Å². The van der Waals surface area contributed by atoms with Crippen molar-refractivity contribution in [3.05, 3.63) is 11.6 Å². The van der Waals surface area contributed by atoms with E-state index in [0.29, 0.717) is 12.6 Å². The van der Waals surface area contributed by atoms with E-state index in [-0.39, 0.29) is 0 Å². The van der Waals surface area contributed by atoms with Crippen molar-refractivity contribution in [1.29, 1.82) is 0 Å². The van der Waals surface area contributed by atoms with Gasteiger partial charge < -0.3 is 25.0 Å². The van der Waals surface area contributed by atoms with Gasteiger partial charge in [-0.05, 0) is 26.4 Å². The van der Waals surface area contributed by atoms with Gasteiger partial charge in [0, 0.05) is 46.8 Å². The van der Waals surface area contributed by atoms with Crippen LogP contribution in [-0.2, 0) is 29.0 Å². The zero-order chi connectivity index (χ0) is 18.8. The first-order valence-electron chi connectivity index (χ1n) is 9.22. The van der Waals surface area contributed by atoms with Gasteiger partial charge in [0.05, 0.1) is 13.2 Å². The van der Waals surface area contributed by atoms with E-state index in [1.807, 2.05) is 4.68 Å². The highest BCUT2D eigenvalue weighted by Crippen LogP contribution is 2.13. The number of ether oxygens (including phenoxy) is 2. The fourth-order valence-corrected chi connectivity index (χ4v) is 2.97. The molecule has 1 aliphatic rings. The Morgan fingerprint density at radius 3 is 2.92 bits per heavy atom. The van der Waals surface area contributed by atoms with Crippen LogP contribution in [0.3, 0.4) is 0 Å². The number of guanidine groups is 1. The molecule has 0 radical (unpaired) electrons. The summed E-state index contributed by atoms with van der Waals surface area (Å²) >= 11 is 0. The molecule has 0 saturated heterocycles. The van der Waals surface area contributed by atoms with Crippen LogP contribution in [0.25, 0.3) is 0 Å². The third-order valence-corrected chi connectivity index (χ3v) is 4.43. The van der Waals surface area contributed by atoms with Gasteiger partial charge in [-0.1, -0.05) is 0 Å². The topological polar surface area (TPSA) is 88.8 Å². The molecule has 9 heteroatoms. The summed E-state index contributed by atoms with van der Waals surface area (Å²) in [5.74, 6) is 2.63. The minimum absolute atomic E-state index is 0.301. The lowest BCUT2D eigenvalue weighted by Gasteiger charge is -2.25. The van der Waals surface area contributed by atoms with Crippen molar-refractivity contribution < 1.29 is 9.47 Å². The number of hydrogen-bond acceptors (Lipinski definition) is 6. The molecule has 0 aromatic carbocycles. The van der Waals surface area contributed by atoms with Gasteiger partial charge in [-0.2, -0.15) is 5.10 Å². The second kappa shape index (κ2) is 11.1. The third kappa shape index (κ3) is 6.54. The predicted molar refractivity (Wildman–Crippen MR) is 101 cm³/mol. The van der Waals surface area contributed by atoms with Crippen LogP contribution in [-0.4, -0.2) is 86.2 Å². The van der Waals surface area contributed by atoms with Crippen LogP contribution >= 0.6 is 0 Å². The quantitative estimate of drug-likeness (QED) is 0.338. The Bertz CT molecular complexity index is 561. The second-order valence-electron chi connectivity index (χ2n) is 6.59. The molecular formula is C17H33N7O2. The zero-order valence-electron chi connectivity index (χ0n) is 16.5. The van der Waals surface area contributed by atoms with Crippen molar-refractivity contribution in [3.63, 3.8) is 0 Å². The molecule has 0 spiro atoms. The maximum atomic E-state index is 5.11. The number of rotatable bonds is 10. The molecular weight excluding hydrogens is 334 g/mol. The molecule has 2 N–H and O–H groups in total. The van der Waals surface area contributed by atoms with E-state index >= 15 is 0 Å². The fourth-order valence-electron chi connectivity index (χ4n) is 2.97. The fraction of sp³-hybridized carbons (Fsp3) is 0.824. The van der Waals surface area contributed by atoms with E-state index in [1.54, 1.807) is 21.3 Å². The number of nitrogens with one attached hydrogen (secondary N) is 2. The molecule has 148 valence electrons. The molecule has 1 aromatic heterocycles. The van der Waals surface area contributed by atoms with Gasteiger partial charge in [0.25, 0.3) is 0 Å². The van der Waals surface area contributed by atoms with Crippen molar-refractivity contribution in [2.24, 2.45) is 4.99 Å². The standard InChI is InChI=1S/C17H33N7O2/c1-18-17(19-8-5-9-23(2)10-11-25-3)20-14-6-7-16-21-15(13-26-4)22-24(16)12-14/h14H,5-13H2,1-4H3,(H2,18,19,20). The summed E-state index contributed by atoms with van der Waals surface area (Å²) < 4.78 is 12.2. The molecule has 0 fully saturated rings. The third-order valence-electron chi connectivity index (χ3n) is 4.43. The van der Waals surface area contributed by atoms with Crippen molar-refractivity contribution in [2.75, 3.05) is 54.6 Å². The van der Waals surface area contributed by atoms with Crippen molar-refractivity contribution >= 4 is 5.96 Å². The average Bonchev–Trinajstić information content (AvgIpc) is 3.04. The summed E-state index contributed by atoms with van der Waals surface area (Å²) in [6.45, 7) is 4.90. The molecule has 0 saturated carbocycles. The number of methoxy groups -OCH3 is 2. The predicted octanol–water partition coefficient (Wildman–Crippen LogP) is -0.127. The summed E-state index contributed by atoms with van der Waals surface area (Å²) in [5.41, 5.74) is 0. The molecule has 0 bridgehead atoms. The van der Waals surface area contributed by atoms with E-state index < -0.39 is 0 Å². The Labute approximate surface area is 156 Å².